The fourth-order valence-corrected chi connectivity index (χ4v) is 4.71. The van der Waals surface area contributed by atoms with Crippen molar-refractivity contribution in [1.29, 1.82) is 0 Å². The van der Waals surface area contributed by atoms with E-state index in [0.29, 0.717) is 28.8 Å². The molecule has 1 N–H and O–H groups in total. The van der Waals surface area contributed by atoms with Gasteiger partial charge in [0.2, 0.25) is 11.8 Å². The van der Waals surface area contributed by atoms with E-state index in [4.69, 9.17) is 23.2 Å². The molecule has 0 saturated heterocycles. The first kappa shape index (κ1) is 25.6. The molecule has 2 amide bonds. The summed E-state index contributed by atoms with van der Waals surface area (Å²) in [6, 6.07) is 12.8. The molecule has 0 unspecified atom stereocenters. The molecule has 2 aromatic rings. The highest BCUT2D eigenvalue weighted by molar-refractivity contribution is 7.99. The molecule has 31 heavy (non-hydrogen) atoms. The molecule has 2 aromatic carbocycles. The summed E-state index contributed by atoms with van der Waals surface area (Å²) in [6.07, 6.45) is 0.545. The van der Waals surface area contributed by atoms with Gasteiger partial charge >= 0.3 is 0 Å². The Bertz CT molecular complexity index is 905. The van der Waals surface area contributed by atoms with Crippen LogP contribution in [0.5, 0.6) is 0 Å². The lowest BCUT2D eigenvalue weighted by Gasteiger charge is -2.31. The zero-order valence-corrected chi connectivity index (χ0v) is 20.8. The van der Waals surface area contributed by atoms with Gasteiger partial charge in [-0.3, -0.25) is 9.59 Å². The third-order valence-electron chi connectivity index (χ3n) is 4.92. The number of rotatable bonds is 10. The van der Waals surface area contributed by atoms with Crippen molar-refractivity contribution in [1.82, 2.24) is 10.2 Å². The minimum Gasteiger partial charge on any atom is -0.352 e. The fourth-order valence-electron chi connectivity index (χ4n) is 3.24. The molecule has 4 nitrogen and oxygen atoms in total. The van der Waals surface area contributed by atoms with Crippen molar-refractivity contribution >= 4 is 46.8 Å². The van der Waals surface area contributed by atoms with Crippen molar-refractivity contribution in [2.24, 2.45) is 0 Å². The van der Waals surface area contributed by atoms with Gasteiger partial charge in [0.25, 0.3) is 0 Å². The van der Waals surface area contributed by atoms with Crippen LogP contribution in [-0.4, -0.2) is 34.6 Å². The molecular formula is C24H30Cl2N2O2S. The number of hydrogen-bond acceptors (Lipinski definition) is 3. The predicted molar refractivity (Wildman–Crippen MR) is 132 cm³/mol. The van der Waals surface area contributed by atoms with Gasteiger partial charge in [0.05, 0.1) is 5.75 Å². The predicted octanol–water partition coefficient (Wildman–Crippen LogP) is 5.87. The Balaban J connectivity index is 2.16. The van der Waals surface area contributed by atoms with E-state index in [1.165, 1.54) is 11.8 Å². The third-order valence-corrected chi connectivity index (χ3v) is 6.47. The van der Waals surface area contributed by atoms with Crippen LogP contribution in [0.4, 0.5) is 0 Å². The van der Waals surface area contributed by atoms with Gasteiger partial charge in [-0.05, 0) is 56.0 Å². The Labute approximate surface area is 199 Å². The molecule has 0 spiro atoms. The first-order chi connectivity index (χ1) is 14.7. The molecule has 0 aliphatic heterocycles. The van der Waals surface area contributed by atoms with Crippen LogP contribution in [0.3, 0.4) is 0 Å². The highest BCUT2D eigenvalue weighted by Gasteiger charge is 2.29. The number of benzene rings is 2. The molecule has 0 radical (unpaired) electrons. The molecule has 0 heterocycles. The monoisotopic (exact) mass is 480 g/mol. The van der Waals surface area contributed by atoms with Gasteiger partial charge in [0.15, 0.2) is 0 Å². The highest BCUT2D eigenvalue weighted by atomic mass is 35.5. The van der Waals surface area contributed by atoms with Crippen molar-refractivity contribution in [3.05, 3.63) is 69.2 Å². The second-order valence-electron chi connectivity index (χ2n) is 7.76. The Morgan fingerprint density at radius 2 is 1.81 bits per heavy atom. The number of hydrogen-bond donors (Lipinski definition) is 1. The Morgan fingerprint density at radius 3 is 2.42 bits per heavy atom. The van der Waals surface area contributed by atoms with E-state index in [1.54, 1.807) is 17.0 Å². The summed E-state index contributed by atoms with van der Waals surface area (Å²) in [5, 5.41) is 4.13. The second kappa shape index (κ2) is 12.4. The van der Waals surface area contributed by atoms with Crippen molar-refractivity contribution in [2.45, 2.75) is 58.5 Å². The maximum atomic E-state index is 13.2. The zero-order valence-electron chi connectivity index (χ0n) is 18.5. The molecule has 0 aromatic heterocycles. The van der Waals surface area contributed by atoms with Gasteiger partial charge < -0.3 is 10.2 Å². The van der Waals surface area contributed by atoms with Crippen molar-refractivity contribution in [3.8, 4) is 0 Å². The molecule has 0 aliphatic carbocycles. The van der Waals surface area contributed by atoms with Crippen LogP contribution in [0.25, 0.3) is 0 Å². The molecule has 0 fully saturated rings. The second-order valence-corrected chi connectivity index (χ2v) is 9.59. The van der Waals surface area contributed by atoms with Crippen LogP contribution in [0.1, 0.15) is 43.9 Å². The van der Waals surface area contributed by atoms with Crippen LogP contribution in [-0.2, 0) is 21.9 Å². The summed E-state index contributed by atoms with van der Waals surface area (Å²) in [5.41, 5.74) is 3.07. The van der Waals surface area contributed by atoms with E-state index in [-0.39, 0.29) is 23.6 Å². The summed E-state index contributed by atoms with van der Waals surface area (Å²) in [5.74, 6) is 0.667. The maximum absolute atomic E-state index is 13.2. The number of nitrogens with one attached hydrogen (secondary N) is 1. The largest absolute Gasteiger partial charge is 0.352 e. The first-order valence-corrected chi connectivity index (χ1v) is 12.3. The smallest absolute Gasteiger partial charge is 0.243 e. The van der Waals surface area contributed by atoms with Gasteiger partial charge in [-0.1, -0.05) is 60.5 Å². The number of halogens is 2. The van der Waals surface area contributed by atoms with E-state index in [2.05, 4.69) is 5.32 Å². The van der Waals surface area contributed by atoms with Crippen LogP contribution in [0.2, 0.25) is 10.0 Å². The minimum atomic E-state index is -0.519. The lowest BCUT2D eigenvalue weighted by molar-refractivity contribution is -0.139. The number of thioether (sulfide) groups is 1. The van der Waals surface area contributed by atoms with Gasteiger partial charge in [0, 0.05) is 28.4 Å². The fraction of sp³-hybridized carbons (Fsp3) is 0.417. The maximum Gasteiger partial charge on any atom is 0.243 e. The lowest BCUT2D eigenvalue weighted by Crippen LogP contribution is -2.51. The van der Waals surface area contributed by atoms with E-state index in [0.717, 1.165) is 16.7 Å². The minimum absolute atomic E-state index is 0.0124. The third kappa shape index (κ3) is 7.74. The summed E-state index contributed by atoms with van der Waals surface area (Å²) < 4.78 is 0. The normalized spacial score (nSPS) is 12.0. The van der Waals surface area contributed by atoms with Crippen LogP contribution < -0.4 is 5.32 Å². The van der Waals surface area contributed by atoms with E-state index >= 15 is 0 Å². The van der Waals surface area contributed by atoms with E-state index in [1.807, 2.05) is 58.0 Å². The lowest BCUT2D eigenvalue weighted by atomic mass is 10.1. The average Bonchev–Trinajstić information content (AvgIpc) is 2.70. The van der Waals surface area contributed by atoms with Crippen LogP contribution in [0.15, 0.2) is 42.5 Å². The summed E-state index contributed by atoms with van der Waals surface area (Å²) in [7, 11) is 0. The zero-order chi connectivity index (χ0) is 23.0. The van der Waals surface area contributed by atoms with Gasteiger partial charge in [0.1, 0.15) is 6.04 Å². The SMILES string of the molecule is CC[C@@H](C(=O)NC(C)C)N(Cc1ccccc1C)C(=O)CSCc1ccc(Cl)cc1Cl. The van der Waals surface area contributed by atoms with Crippen molar-refractivity contribution in [3.63, 3.8) is 0 Å². The topological polar surface area (TPSA) is 49.4 Å². The highest BCUT2D eigenvalue weighted by Crippen LogP contribution is 2.25. The average molecular weight is 481 g/mol. The number of carbonyl (C=O) groups excluding carboxylic acids is 2. The molecule has 1 atom stereocenters. The Kier molecular flexibility index (Phi) is 10.2. The number of aryl methyl sites for hydroxylation is 1. The van der Waals surface area contributed by atoms with Gasteiger partial charge in [-0.15, -0.1) is 11.8 Å². The molecule has 0 bridgehead atoms. The van der Waals surface area contributed by atoms with Crippen molar-refractivity contribution in [2.75, 3.05) is 5.75 Å². The van der Waals surface area contributed by atoms with Gasteiger partial charge in [-0.2, -0.15) is 0 Å². The molecule has 0 saturated carbocycles. The summed E-state index contributed by atoms with van der Waals surface area (Å²) in [6.45, 7) is 8.19. The summed E-state index contributed by atoms with van der Waals surface area (Å²) >= 11 is 13.7. The molecule has 0 aliphatic rings. The standard InChI is InChI=1S/C24H30Cl2N2O2S/c1-5-22(24(30)27-16(2)3)28(13-18-9-7-6-8-17(18)4)23(29)15-31-14-19-10-11-20(25)12-21(19)26/h6-12,16,22H,5,13-15H2,1-4H3,(H,27,30)/t22-/m0/s1. The Morgan fingerprint density at radius 1 is 1.10 bits per heavy atom. The molecule has 168 valence electrons. The van der Waals surface area contributed by atoms with Gasteiger partial charge in [-0.25, -0.2) is 0 Å². The number of amides is 2. The molecule has 7 heteroatoms. The van der Waals surface area contributed by atoms with E-state index < -0.39 is 6.04 Å². The number of carbonyl (C=O) groups is 2. The Hall–Kier alpha value is -1.69. The van der Waals surface area contributed by atoms with Crippen LogP contribution in [0, 0.1) is 6.92 Å². The molecule has 2 rings (SSSR count). The van der Waals surface area contributed by atoms with E-state index in [9.17, 15) is 9.59 Å². The quantitative estimate of drug-likeness (QED) is 0.462. The summed E-state index contributed by atoms with van der Waals surface area (Å²) in [4.78, 5) is 27.8. The molecular weight excluding hydrogens is 451 g/mol. The number of nitrogens with zero attached hydrogens (tertiary/aromatic N) is 1. The van der Waals surface area contributed by atoms with Crippen molar-refractivity contribution < 1.29 is 9.59 Å². The first-order valence-electron chi connectivity index (χ1n) is 10.4. The van der Waals surface area contributed by atoms with Crippen LogP contribution >= 0.6 is 35.0 Å².